The Morgan fingerprint density at radius 3 is 2.30 bits per heavy atom. The molecule has 0 bridgehead atoms. The summed E-state index contributed by atoms with van der Waals surface area (Å²) in [6.07, 6.45) is 0.314. The summed E-state index contributed by atoms with van der Waals surface area (Å²) >= 11 is 0. The lowest BCUT2D eigenvalue weighted by molar-refractivity contribution is 0.0862. The van der Waals surface area contributed by atoms with E-state index in [0.717, 1.165) is 28.3 Å². The summed E-state index contributed by atoms with van der Waals surface area (Å²) in [5, 5.41) is 4.18. The van der Waals surface area contributed by atoms with Gasteiger partial charge in [-0.25, -0.2) is 4.68 Å². The number of aromatic nitrogens is 2. The zero-order valence-electron chi connectivity index (χ0n) is 12.4. The first-order valence-corrected chi connectivity index (χ1v) is 6.73. The molecule has 0 unspecified atom stereocenters. The highest BCUT2D eigenvalue weighted by Gasteiger charge is 2.10. The smallest absolute Gasteiger partial charge is 0.250 e. The second kappa shape index (κ2) is 5.90. The first-order valence-electron chi connectivity index (χ1n) is 6.73. The molecule has 2 rings (SSSR count). The van der Waals surface area contributed by atoms with Gasteiger partial charge in [0.2, 0.25) is 0 Å². The molecule has 4 heteroatoms. The Balaban J connectivity index is 1.92. The molecule has 0 fully saturated rings. The van der Waals surface area contributed by atoms with Crippen molar-refractivity contribution < 1.29 is 9.53 Å². The van der Waals surface area contributed by atoms with Gasteiger partial charge in [-0.05, 0) is 57.0 Å². The van der Waals surface area contributed by atoms with Gasteiger partial charge < -0.3 is 4.74 Å². The second-order valence-electron chi connectivity index (χ2n) is 5.15. The largest absolute Gasteiger partial charge is 0.493 e. The minimum atomic E-state index is -0.0417. The average molecular weight is 272 g/mol. The van der Waals surface area contributed by atoms with Crippen LogP contribution < -0.4 is 4.74 Å². The number of nitrogens with zero attached hydrogens (tertiary/aromatic N) is 2. The van der Waals surface area contributed by atoms with Gasteiger partial charge in [0.05, 0.1) is 18.7 Å². The van der Waals surface area contributed by atoms with Crippen LogP contribution in [-0.4, -0.2) is 22.3 Å². The Morgan fingerprint density at radius 1 is 1.10 bits per heavy atom. The van der Waals surface area contributed by atoms with Crippen molar-refractivity contribution in [3.63, 3.8) is 0 Å². The number of hydrogen-bond donors (Lipinski definition) is 0. The fourth-order valence-electron chi connectivity index (χ4n) is 2.26. The number of benzene rings is 1. The molecule has 1 heterocycles. The van der Waals surface area contributed by atoms with Crippen LogP contribution in [0.5, 0.6) is 5.75 Å². The Morgan fingerprint density at radius 2 is 1.75 bits per heavy atom. The fraction of sp³-hybridized carbons (Fsp3) is 0.375. The lowest BCUT2D eigenvalue weighted by Crippen LogP contribution is -2.17. The van der Waals surface area contributed by atoms with E-state index < -0.39 is 0 Å². The van der Waals surface area contributed by atoms with Crippen molar-refractivity contribution in [3.05, 3.63) is 46.8 Å². The van der Waals surface area contributed by atoms with Gasteiger partial charge in [-0.1, -0.05) is 6.07 Å². The summed E-state index contributed by atoms with van der Waals surface area (Å²) in [6, 6.07) is 7.93. The zero-order valence-corrected chi connectivity index (χ0v) is 12.4. The van der Waals surface area contributed by atoms with Gasteiger partial charge in [-0.3, -0.25) is 4.79 Å². The van der Waals surface area contributed by atoms with Crippen molar-refractivity contribution in [3.8, 4) is 5.75 Å². The predicted molar refractivity (Wildman–Crippen MR) is 78.4 cm³/mol. The highest BCUT2D eigenvalue weighted by Crippen LogP contribution is 2.16. The first-order chi connectivity index (χ1) is 9.45. The van der Waals surface area contributed by atoms with Crippen LogP contribution in [0.4, 0.5) is 0 Å². The maximum atomic E-state index is 12.0. The average Bonchev–Trinajstić information content (AvgIpc) is 2.67. The van der Waals surface area contributed by atoms with Gasteiger partial charge in [-0.15, -0.1) is 0 Å². The number of aryl methyl sites for hydroxylation is 4. The molecule has 0 aliphatic rings. The SMILES string of the molecule is Cc1cc(C)cc(OCCC(=O)n2nc(C)cc2C)c1. The molecule has 0 amide bonds. The van der Waals surface area contributed by atoms with Gasteiger partial charge in [0.15, 0.2) is 0 Å². The lowest BCUT2D eigenvalue weighted by atomic mass is 10.1. The predicted octanol–water partition coefficient (Wildman–Crippen LogP) is 3.23. The molecule has 0 aliphatic heterocycles. The van der Waals surface area contributed by atoms with E-state index >= 15 is 0 Å². The van der Waals surface area contributed by atoms with E-state index in [1.165, 1.54) is 4.68 Å². The molecule has 20 heavy (non-hydrogen) atoms. The van der Waals surface area contributed by atoms with Crippen molar-refractivity contribution in [2.75, 3.05) is 6.61 Å². The Kier molecular flexibility index (Phi) is 4.23. The van der Waals surface area contributed by atoms with Crippen molar-refractivity contribution >= 4 is 5.91 Å². The van der Waals surface area contributed by atoms with Crippen molar-refractivity contribution in [1.29, 1.82) is 0 Å². The van der Waals surface area contributed by atoms with Crippen LogP contribution in [-0.2, 0) is 0 Å². The van der Waals surface area contributed by atoms with Crippen LogP contribution in [0.3, 0.4) is 0 Å². The normalized spacial score (nSPS) is 10.6. The van der Waals surface area contributed by atoms with Crippen LogP contribution in [0.2, 0.25) is 0 Å². The van der Waals surface area contributed by atoms with E-state index in [2.05, 4.69) is 11.2 Å². The van der Waals surface area contributed by atoms with Crippen LogP contribution in [0.1, 0.15) is 33.7 Å². The van der Waals surface area contributed by atoms with E-state index in [1.54, 1.807) is 0 Å². The van der Waals surface area contributed by atoms with E-state index in [9.17, 15) is 4.79 Å². The van der Waals surface area contributed by atoms with E-state index in [1.807, 2.05) is 45.9 Å². The molecule has 2 aromatic rings. The lowest BCUT2D eigenvalue weighted by Gasteiger charge is -2.08. The monoisotopic (exact) mass is 272 g/mol. The zero-order chi connectivity index (χ0) is 14.7. The quantitative estimate of drug-likeness (QED) is 0.858. The molecule has 0 atom stereocenters. The molecule has 4 nitrogen and oxygen atoms in total. The van der Waals surface area contributed by atoms with Gasteiger partial charge in [-0.2, -0.15) is 5.10 Å². The Hall–Kier alpha value is -2.10. The number of hydrogen-bond acceptors (Lipinski definition) is 3. The summed E-state index contributed by atoms with van der Waals surface area (Å²) < 4.78 is 7.09. The fourth-order valence-corrected chi connectivity index (χ4v) is 2.26. The number of carbonyl (C=O) groups is 1. The molecule has 1 aromatic heterocycles. The molecule has 0 spiro atoms. The number of ether oxygens (including phenoxy) is 1. The minimum absolute atomic E-state index is 0.0417. The molecule has 0 radical (unpaired) electrons. The van der Waals surface area contributed by atoms with Crippen molar-refractivity contribution in [2.45, 2.75) is 34.1 Å². The molecule has 1 aromatic carbocycles. The minimum Gasteiger partial charge on any atom is -0.493 e. The van der Waals surface area contributed by atoms with Gasteiger partial charge >= 0.3 is 0 Å². The third kappa shape index (κ3) is 3.47. The van der Waals surface area contributed by atoms with E-state index in [4.69, 9.17) is 4.74 Å². The first kappa shape index (κ1) is 14.3. The summed E-state index contributed by atoms with van der Waals surface area (Å²) in [5.41, 5.74) is 4.03. The third-order valence-electron chi connectivity index (χ3n) is 3.03. The van der Waals surface area contributed by atoms with Gasteiger partial charge in [0.1, 0.15) is 5.75 Å². The molecule has 0 saturated carbocycles. The van der Waals surface area contributed by atoms with E-state index in [0.29, 0.717) is 13.0 Å². The molecule has 0 aliphatic carbocycles. The molecule has 0 saturated heterocycles. The number of carbonyl (C=O) groups excluding carboxylic acids is 1. The van der Waals surface area contributed by atoms with Crippen molar-refractivity contribution in [2.24, 2.45) is 0 Å². The standard InChI is InChI=1S/C16H20N2O2/c1-11-7-12(2)9-15(8-11)20-6-5-16(19)18-14(4)10-13(3)17-18/h7-10H,5-6H2,1-4H3. The molecule has 0 N–H and O–H groups in total. The molecular weight excluding hydrogens is 252 g/mol. The maximum Gasteiger partial charge on any atom is 0.250 e. The van der Waals surface area contributed by atoms with Crippen LogP contribution in [0.25, 0.3) is 0 Å². The van der Waals surface area contributed by atoms with Crippen LogP contribution in [0, 0.1) is 27.7 Å². The molecular formula is C16H20N2O2. The third-order valence-corrected chi connectivity index (χ3v) is 3.03. The van der Waals surface area contributed by atoms with E-state index in [-0.39, 0.29) is 5.91 Å². The highest BCUT2D eigenvalue weighted by atomic mass is 16.5. The Bertz CT molecular complexity index is 609. The van der Waals surface area contributed by atoms with Crippen LogP contribution in [0.15, 0.2) is 24.3 Å². The van der Waals surface area contributed by atoms with Crippen LogP contribution >= 0.6 is 0 Å². The summed E-state index contributed by atoms with van der Waals surface area (Å²) in [7, 11) is 0. The number of rotatable bonds is 4. The second-order valence-corrected chi connectivity index (χ2v) is 5.15. The highest BCUT2D eigenvalue weighted by molar-refractivity contribution is 5.78. The summed E-state index contributed by atoms with van der Waals surface area (Å²) in [5.74, 6) is 0.767. The van der Waals surface area contributed by atoms with Crippen molar-refractivity contribution in [1.82, 2.24) is 9.78 Å². The summed E-state index contributed by atoms with van der Waals surface area (Å²) in [6.45, 7) is 8.17. The maximum absolute atomic E-state index is 12.0. The van der Waals surface area contributed by atoms with Gasteiger partial charge in [0, 0.05) is 5.69 Å². The topological polar surface area (TPSA) is 44.1 Å². The van der Waals surface area contributed by atoms with Gasteiger partial charge in [0.25, 0.3) is 5.91 Å². The molecule has 106 valence electrons. The summed E-state index contributed by atoms with van der Waals surface area (Å²) in [4.78, 5) is 12.0. The Labute approximate surface area is 119 Å².